The quantitative estimate of drug-likeness (QED) is 0.468. The molecule has 0 amide bonds. The Morgan fingerprint density at radius 1 is 0.880 bits per heavy atom. The van der Waals surface area contributed by atoms with Crippen LogP contribution < -0.4 is 9.47 Å². The van der Waals surface area contributed by atoms with Gasteiger partial charge in [0.05, 0.1) is 5.56 Å². The molecule has 0 spiro atoms. The van der Waals surface area contributed by atoms with Gasteiger partial charge in [0, 0.05) is 0 Å². The van der Waals surface area contributed by atoms with Crippen LogP contribution in [0.4, 0.5) is 0 Å². The highest BCUT2D eigenvalue weighted by atomic mass is 16.5. The van der Waals surface area contributed by atoms with Gasteiger partial charge in [-0.1, -0.05) is 36.4 Å². The molecule has 3 heteroatoms. The number of aryl methyl sites for hydroxylation is 2. The minimum atomic E-state index is 0.381. The van der Waals surface area contributed by atoms with Crippen LogP contribution in [0.15, 0.2) is 48.5 Å². The summed E-state index contributed by atoms with van der Waals surface area (Å²) in [7, 11) is 0. The van der Waals surface area contributed by atoms with E-state index in [4.69, 9.17) is 9.47 Å². The second kappa shape index (κ2) is 7.39. The molecule has 3 rings (SSSR count). The zero-order valence-electron chi connectivity index (χ0n) is 14.8. The Labute approximate surface area is 148 Å². The molecule has 0 aliphatic heterocycles. The number of ether oxygens (including phenoxy) is 2. The third kappa shape index (κ3) is 3.66. The lowest BCUT2D eigenvalue weighted by Crippen LogP contribution is -2.11. The van der Waals surface area contributed by atoms with Gasteiger partial charge < -0.3 is 9.47 Å². The van der Waals surface area contributed by atoms with Gasteiger partial charge in [0.15, 0.2) is 6.29 Å². The van der Waals surface area contributed by atoms with E-state index < -0.39 is 0 Å². The van der Waals surface area contributed by atoms with Gasteiger partial charge in [-0.2, -0.15) is 0 Å². The lowest BCUT2D eigenvalue weighted by atomic mass is 10.0. The molecule has 0 aromatic heterocycles. The summed E-state index contributed by atoms with van der Waals surface area (Å²) in [6.45, 7) is 7.00. The largest absolute Gasteiger partial charge is 0.490 e. The van der Waals surface area contributed by atoms with E-state index in [1.54, 1.807) is 0 Å². The van der Waals surface area contributed by atoms with Crippen LogP contribution in [0.1, 0.15) is 27.0 Å². The highest BCUT2D eigenvalue weighted by molar-refractivity contribution is 6.00. The van der Waals surface area contributed by atoms with E-state index in [0.717, 1.165) is 28.4 Å². The van der Waals surface area contributed by atoms with Crippen molar-refractivity contribution in [1.82, 2.24) is 0 Å². The lowest BCUT2D eigenvalue weighted by molar-refractivity contribution is 0.112. The molecule has 3 aromatic carbocycles. The van der Waals surface area contributed by atoms with Crippen LogP contribution in [-0.2, 0) is 0 Å². The summed E-state index contributed by atoms with van der Waals surface area (Å²) in [5.74, 6) is 1.48. The molecule has 128 valence electrons. The van der Waals surface area contributed by atoms with E-state index in [0.29, 0.717) is 24.5 Å². The average Bonchev–Trinajstić information content (AvgIpc) is 2.62. The molecule has 0 saturated heterocycles. The summed E-state index contributed by atoms with van der Waals surface area (Å²) >= 11 is 0. The van der Waals surface area contributed by atoms with Gasteiger partial charge >= 0.3 is 0 Å². The first-order valence-electron chi connectivity index (χ1n) is 8.40. The molecule has 0 aliphatic carbocycles. The van der Waals surface area contributed by atoms with E-state index in [-0.39, 0.29) is 0 Å². The number of hydrogen-bond donors (Lipinski definition) is 0. The summed E-state index contributed by atoms with van der Waals surface area (Å²) in [6, 6.07) is 15.8. The highest BCUT2D eigenvalue weighted by Gasteiger charge is 2.08. The summed E-state index contributed by atoms with van der Waals surface area (Å²) in [5.41, 5.74) is 4.12. The van der Waals surface area contributed by atoms with Crippen LogP contribution >= 0.6 is 0 Å². The molecule has 0 atom stereocenters. The second-order valence-electron chi connectivity index (χ2n) is 6.22. The first-order chi connectivity index (χ1) is 12.1. The first kappa shape index (κ1) is 17.0. The molecule has 3 aromatic rings. The van der Waals surface area contributed by atoms with Crippen molar-refractivity contribution in [1.29, 1.82) is 0 Å². The van der Waals surface area contributed by atoms with Crippen molar-refractivity contribution in [2.24, 2.45) is 0 Å². The highest BCUT2D eigenvalue weighted by Crippen LogP contribution is 2.27. The fourth-order valence-corrected chi connectivity index (χ4v) is 2.98. The smallest absolute Gasteiger partial charge is 0.154 e. The summed E-state index contributed by atoms with van der Waals surface area (Å²) < 4.78 is 11.7. The predicted molar refractivity (Wildman–Crippen MR) is 101 cm³/mol. The van der Waals surface area contributed by atoms with Crippen LogP contribution in [0, 0.1) is 20.8 Å². The van der Waals surface area contributed by atoms with Gasteiger partial charge in [-0.15, -0.1) is 0 Å². The van der Waals surface area contributed by atoms with Crippen LogP contribution in [0.2, 0.25) is 0 Å². The van der Waals surface area contributed by atoms with Crippen molar-refractivity contribution in [2.45, 2.75) is 20.8 Å². The number of rotatable bonds is 6. The number of fused-ring (bicyclic) bond motifs is 1. The molecule has 25 heavy (non-hydrogen) atoms. The van der Waals surface area contributed by atoms with Crippen LogP contribution in [0.25, 0.3) is 10.8 Å². The maximum Gasteiger partial charge on any atom is 0.154 e. The van der Waals surface area contributed by atoms with E-state index in [1.165, 1.54) is 11.1 Å². The molecule has 0 aliphatic rings. The maximum atomic E-state index is 11.5. The minimum absolute atomic E-state index is 0.381. The molecule has 0 N–H and O–H groups in total. The van der Waals surface area contributed by atoms with Crippen molar-refractivity contribution in [3.05, 3.63) is 70.8 Å². The maximum absolute atomic E-state index is 11.5. The lowest BCUT2D eigenvalue weighted by Gasteiger charge is -2.14. The molecule has 0 saturated carbocycles. The van der Waals surface area contributed by atoms with Gasteiger partial charge in [-0.25, -0.2) is 0 Å². The average molecular weight is 334 g/mol. The molecule has 0 radical (unpaired) electrons. The summed E-state index contributed by atoms with van der Waals surface area (Å²) in [5, 5.41) is 1.93. The molecule has 0 unspecified atom stereocenters. The van der Waals surface area contributed by atoms with Crippen molar-refractivity contribution < 1.29 is 14.3 Å². The number of aldehydes is 1. The fourth-order valence-electron chi connectivity index (χ4n) is 2.98. The molecular formula is C22H22O3. The normalized spacial score (nSPS) is 10.7. The first-order valence-corrected chi connectivity index (χ1v) is 8.40. The van der Waals surface area contributed by atoms with Crippen molar-refractivity contribution in [3.8, 4) is 11.5 Å². The molecule has 0 heterocycles. The van der Waals surface area contributed by atoms with Crippen molar-refractivity contribution in [2.75, 3.05) is 13.2 Å². The molecular weight excluding hydrogens is 312 g/mol. The standard InChI is InChI=1S/C22H22O3/c1-15-12-16(2)17(3)22(13-15)25-11-10-24-21-9-8-18-6-4-5-7-19(18)20(21)14-23/h4-9,12-14H,10-11H2,1-3H3. The Bertz CT molecular complexity index is 913. The predicted octanol–water partition coefficient (Wildman–Crippen LogP) is 5.04. The Balaban J connectivity index is 1.69. The Morgan fingerprint density at radius 2 is 1.60 bits per heavy atom. The van der Waals surface area contributed by atoms with Crippen LogP contribution in [-0.4, -0.2) is 19.5 Å². The van der Waals surface area contributed by atoms with Gasteiger partial charge in [-0.05, 0) is 60.4 Å². The van der Waals surface area contributed by atoms with Crippen LogP contribution in [0.5, 0.6) is 11.5 Å². The van der Waals surface area contributed by atoms with Gasteiger partial charge in [0.2, 0.25) is 0 Å². The van der Waals surface area contributed by atoms with Crippen LogP contribution in [0.3, 0.4) is 0 Å². The Kier molecular flexibility index (Phi) is 5.03. The topological polar surface area (TPSA) is 35.5 Å². The van der Waals surface area contributed by atoms with E-state index in [9.17, 15) is 4.79 Å². The molecule has 0 bridgehead atoms. The number of carbonyl (C=O) groups excluding carboxylic acids is 1. The van der Waals surface area contributed by atoms with E-state index >= 15 is 0 Å². The third-order valence-electron chi connectivity index (χ3n) is 4.41. The molecule has 0 fully saturated rings. The molecule has 3 nitrogen and oxygen atoms in total. The Morgan fingerprint density at radius 3 is 2.36 bits per heavy atom. The third-order valence-corrected chi connectivity index (χ3v) is 4.41. The van der Waals surface area contributed by atoms with Gasteiger partial charge in [0.25, 0.3) is 0 Å². The summed E-state index contributed by atoms with van der Waals surface area (Å²) in [4.78, 5) is 11.5. The Hall–Kier alpha value is -2.81. The zero-order chi connectivity index (χ0) is 17.8. The number of benzene rings is 3. The van der Waals surface area contributed by atoms with Crippen molar-refractivity contribution >= 4 is 17.1 Å². The van der Waals surface area contributed by atoms with E-state index in [2.05, 4.69) is 26.8 Å². The SMILES string of the molecule is Cc1cc(C)c(C)c(OCCOc2ccc3ccccc3c2C=O)c1. The van der Waals surface area contributed by atoms with Crippen molar-refractivity contribution in [3.63, 3.8) is 0 Å². The second-order valence-corrected chi connectivity index (χ2v) is 6.22. The summed E-state index contributed by atoms with van der Waals surface area (Å²) in [6.07, 6.45) is 0.854. The minimum Gasteiger partial charge on any atom is -0.490 e. The zero-order valence-corrected chi connectivity index (χ0v) is 14.8. The number of hydrogen-bond acceptors (Lipinski definition) is 3. The fraction of sp³-hybridized carbons (Fsp3) is 0.227. The van der Waals surface area contributed by atoms with Gasteiger partial charge in [0.1, 0.15) is 24.7 Å². The number of carbonyl (C=O) groups is 1. The van der Waals surface area contributed by atoms with E-state index in [1.807, 2.05) is 42.5 Å². The van der Waals surface area contributed by atoms with Gasteiger partial charge in [-0.3, -0.25) is 4.79 Å². The monoisotopic (exact) mass is 334 g/mol.